The number of guanidine groups is 1. The number of esters is 1. The lowest BCUT2D eigenvalue weighted by Gasteiger charge is -2.33. The Morgan fingerprint density at radius 1 is 1.26 bits per heavy atom. The molecule has 6 heteroatoms. The Kier molecular flexibility index (Phi) is 7.15. The average Bonchev–Trinajstić information content (AvgIpc) is 3.08. The molecule has 2 heterocycles. The second-order valence-corrected chi connectivity index (χ2v) is 6.83. The van der Waals surface area contributed by atoms with Crippen LogP contribution in [0.3, 0.4) is 0 Å². The summed E-state index contributed by atoms with van der Waals surface area (Å²) in [6, 6.07) is 0. The van der Waals surface area contributed by atoms with Crippen molar-refractivity contribution in [3.8, 4) is 0 Å². The van der Waals surface area contributed by atoms with Gasteiger partial charge >= 0.3 is 5.97 Å². The van der Waals surface area contributed by atoms with Crippen molar-refractivity contribution in [1.29, 1.82) is 0 Å². The molecule has 6 nitrogen and oxygen atoms in total. The molecule has 0 amide bonds. The molecule has 0 saturated carbocycles. The Labute approximate surface area is 140 Å². The van der Waals surface area contributed by atoms with E-state index in [-0.39, 0.29) is 11.9 Å². The zero-order chi connectivity index (χ0) is 16.7. The van der Waals surface area contributed by atoms with E-state index in [4.69, 9.17) is 4.74 Å². The number of methoxy groups -OCH3 is 1. The number of carbonyl (C=O) groups is 1. The predicted octanol–water partition coefficient (Wildman–Crippen LogP) is 1.18. The average molecular weight is 324 g/mol. The third kappa shape index (κ3) is 5.37. The van der Waals surface area contributed by atoms with E-state index in [2.05, 4.69) is 27.0 Å². The zero-order valence-electron chi connectivity index (χ0n) is 14.9. The van der Waals surface area contributed by atoms with Gasteiger partial charge < -0.3 is 19.9 Å². The number of carbonyl (C=O) groups excluding carboxylic acids is 1. The lowest BCUT2D eigenvalue weighted by Crippen LogP contribution is -2.48. The summed E-state index contributed by atoms with van der Waals surface area (Å²) in [5.41, 5.74) is 0. The summed E-state index contributed by atoms with van der Waals surface area (Å²) >= 11 is 0. The monoisotopic (exact) mass is 324 g/mol. The number of aliphatic imine (C=N–C) groups is 1. The summed E-state index contributed by atoms with van der Waals surface area (Å²) in [5, 5.41) is 3.50. The van der Waals surface area contributed by atoms with Gasteiger partial charge in [-0.25, -0.2) is 0 Å². The molecule has 0 radical (unpaired) electrons. The van der Waals surface area contributed by atoms with Gasteiger partial charge in [0.2, 0.25) is 0 Å². The maximum Gasteiger partial charge on any atom is 0.308 e. The molecule has 23 heavy (non-hydrogen) atoms. The van der Waals surface area contributed by atoms with Crippen LogP contribution in [0.1, 0.15) is 32.6 Å². The van der Waals surface area contributed by atoms with Gasteiger partial charge in [-0.3, -0.25) is 9.79 Å². The van der Waals surface area contributed by atoms with Gasteiger partial charge in [0.1, 0.15) is 0 Å². The van der Waals surface area contributed by atoms with Crippen LogP contribution in [0, 0.1) is 11.8 Å². The van der Waals surface area contributed by atoms with Crippen molar-refractivity contribution < 1.29 is 9.53 Å². The Bertz CT molecular complexity index is 399. The van der Waals surface area contributed by atoms with Crippen molar-refractivity contribution in [2.75, 3.05) is 53.4 Å². The summed E-state index contributed by atoms with van der Waals surface area (Å²) in [4.78, 5) is 20.8. The van der Waals surface area contributed by atoms with Gasteiger partial charge in [0, 0.05) is 33.2 Å². The van der Waals surface area contributed by atoms with E-state index in [1.165, 1.54) is 33.0 Å². The van der Waals surface area contributed by atoms with Crippen LogP contribution in [0.2, 0.25) is 0 Å². The Hall–Kier alpha value is -1.30. The maximum atomic E-state index is 11.6. The van der Waals surface area contributed by atoms with Crippen LogP contribution in [-0.2, 0) is 9.53 Å². The van der Waals surface area contributed by atoms with Crippen molar-refractivity contribution in [2.24, 2.45) is 16.8 Å². The normalized spacial score (nSPS) is 22.2. The van der Waals surface area contributed by atoms with Crippen LogP contribution in [0.5, 0.6) is 0 Å². The third-order valence-electron chi connectivity index (χ3n) is 4.92. The Morgan fingerprint density at radius 2 is 1.91 bits per heavy atom. The molecular weight excluding hydrogens is 292 g/mol. The molecule has 0 bridgehead atoms. The summed E-state index contributed by atoms with van der Waals surface area (Å²) in [5.74, 6) is 1.54. The molecular formula is C17H32N4O2. The molecule has 0 aromatic carbocycles. The number of hydrogen-bond donors (Lipinski definition) is 1. The summed E-state index contributed by atoms with van der Waals surface area (Å²) in [7, 11) is 3.30. The maximum absolute atomic E-state index is 11.6. The Morgan fingerprint density at radius 3 is 2.48 bits per heavy atom. The van der Waals surface area contributed by atoms with Gasteiger partial charge in [-0.05, 0) is 44.7 Å². The summed E-state index contributed by atoms with van der Waals surface area (Å²) < 4.78 is 4.85. The summed E-state index contributed by atoms with van der Waals surface area (Å²) in [6.45, 7) is 8.62. The van der Waals surface area contributed by atoms with E-state index in [1.807, 2.05) is 7.05 Å². The quantitative estimate of drug-likeness (QED) is 0.467. The highest BCUT2D eigenvalue weighted by Gasteiger charge is 2.27. The van der Waals surface area contributed by atoms with Gasteiger partial charge in [0.25, 0.3) is 0 Å². The fourth-order valence-electron chi connectivity index (χ4n) is 3.56. The number of nitrogens with one attached hydrogen (secondary N) is 1. The first-order valence-electron chi connectivity index (χ1n) is 8.89. The van der Waals surface area contributed by atoms with E-state index in [9.17, 15) is 4.79 Å². The molecule has 2 fully saturated rings. The first-order valence-corrected chi connectivity index (χ1v) is 8.89. The number of rotatable bonds is 5. The third-order valence-corrected chi connectivity index (χ3v) is 4.92. The fraction of sp³-hybridized carbons (Fsp3) is 0.882. The zero-order valence-corrected chi connectivity index (χ0v) is 14.9. The van der Waals surface area contributed by atoms with Crippen LogP contribution in [-0.4, -0.2) is 75.2 Å². The number of piperidine rings is 1. The van der Waals surface area contributed by atoms with E-state index < -0.39 is 0 Å². The van der Waals surface area contributed by atoms with E-state index in [1.54, 1.807) is 0 Å². The molecule has 0 spiro atoms. The lowest BCUT2D eigenvalue weighted by molar-refractivity contribution is -0.146. The highest BCUT2D eigenvalue weighted by Crippen LogP contribution is 2.18. The highest BCUT2D eigenvalue weighted by molar-refractivity contribution is 5.80. The minimum atomic E-state index is -0.0770. The predicted molar refractivity (Wildman–Crippen MR) is 92.5 cm³/mol. The number of ether oxygens (including phenoxy) is 1. The van der Waals surface area contributed by atoms with E-state index in [0.717, 1.165) is 45.0 Å². The number of hydrogen-bond acceptors (Lipinski definition) is 4. The molecule has 0 aromatic heterocycles. The lowest BCUT2D eigenvalue weighted by atomic mass is 9.97. The van der Waals surface area contributed by atoms with Gasteiger partial charge in [-0.2, -0.15) is 0 Å². The molecule has 132 valence electrons. The van der Waals surface area contributed by atoms with Gasteiger partial charge in [-0.1, -0.05) is 6.92 Å². The van der Waals surface area contributed by atoms with Crippen molar-refractivity contribution >= 4 is 11.9 Å². The molecule has 0 aliphatic carbocycles. The fourth-order valence-corrected chi connectivity index (χ4v) is 3.56. The minimum Gasteiger partial charge on any atom is -0.469 e. The molecule has 1 unspecified atom stereocenters. The molecule has 1 N–H and O–H groups in total. The molecule has 2 aliphatic heterocycles. The van der Waals surface area contributed by atoms with Crippen LogP contribution in [0.25, 0.3) is 0 Å². The van der Waals surface area contributed by atoms with Crippen LogP contribution >= 0.6 is 0 Å². The molecule has 0 aromatic rings. The van der Waals surface area contributed by atoms with Gasteiger partial charge in [-0.15, -0.1) is 0 Å². The summed E-state index contributed by atoms with van der Waals surface area (Å²) in [6.07, 6.45) is 4.38. The van der Waals surface area contributed by atoms with Crippen LogP contribution < -0.4 is 5.32 Å². The first kappa shape index (κ1) is 18.0. The Balaban J connectivity index is 1.72. The largest absolute Gasteiger partial charge is 0.469 e. The van der Waals surface area contributed by atoms with Crippen molar-refractivity contribution in [3.05, 3.63) is 0 Å². The molecule has 2 aliphatic rings. The van der Waals surface area contributed by atoms with Gasteiger partial charge in [0.05, 0.1) is 13.0 Å². The van der Waals surface area contributed by atoms with Gasteiger partial charge in [0.15, 0.2) is 5.96 Å². The van der Waals surface area contributed by atoms with E-state index >= 15 is 0 Å². The van der Waals surface area contributed by atoms with Crippen LogP contribution in [0.4, 0.5) is 0 Å². The smallest absolute Gasteiger partial charge is 0.308 e. The standard InChI is InChI=1S/C17H32N4O2/c1-14(13-20-8-4-5-9-20)12-19-17(18-2)21-10-6-15(7-11-21)16(22)23-3/h14-15H,4-13H2,1-3H3,(H,18,19). The number of likely N-dealkylation sites (tertiary alicyclic amines) is 2. The molecule has 2 rings (SSSR count). The SMILES string of the molecule is CN=C(NCC(C)CN1CCCC1)N1CCC(C(=O)OC)CC1. The minimum absolute atomic E-state index is 0.0449. The van der Waals surface area contributed by atoms with Crippen molar-refractivity contribution in [1.82, 2.24) is 15.1 Å². The first-order chi connectivity index (χ1) is 11.1. The second kappa shape index (κ2) is 9.11. The molecule has 2 saturated heterocycles. The second-order valence-electron chi connectivity index (χ2n) is 6.83. The molecule has 1 atom stereocenters. The van der Waals surface area contributed by atoms with Crippen LogP contribution in [0.15, 0.2) is 4.99 Å². The topological polar surface area (TPSA) is 57.2 Å². The number of nitrogens with zero attached hydrogens (tertiary/aromatic N) is 3. The highest BCUT2D eigenvalue weighted by atomic mass is 16.5. The van der Waals surface area contributed by atoms with Crippen molar-refractivity contribution in [3.63, 3.8) is 0 Å². The van der Waals surface area contributed by atoms with Crippen molar-refractivity contribution in [2.45, 2.75) is 32.6 Å². The van der Waals surface area contributed by atoms with E-state index in [0.29, 0.717) is 5.92 Å².